The number of sulfonamides is 1. The molecule has 3 aromatic rings. The fourth-order valence-corrected chi connectivity index (χ4v) is 4.74. The SMILES string of the molecule is Cc1oc(-c2ccccc2)nc1CCNS(=O)(=O)c1ccc(Cl)s1. The third-order valence-electron chi connectivity index (χ3n) is 3.38. The number of aryl methyl sites for hydroxylation is 1. The van der Waals surface area contributed by atoms with E-state index in [2.05, 4.69) is 9.71 Å². The molecule has 0 unspecified atom stereocenters. The van der Waals surface area contributed by atoms with Crippen molar-refractivity contribution in [2.75, 3.05) is 6.54 Å². The molecule has 2 aromatic heterocycles. The van der Waals surface area contributed by atoms with Gasteiger partial charge in [-0.3, -0.25) is 0 Å². The van der Waals surface area contributed by atoms with Gasteiger partial charge in [0, 0.05) is 18.5 Å². The zero-order chi connectivity index (χ0) is 17.2. The van der Waals surface area contributed by atoms with E-state index in [0.29, 0.717) is 22.4 Å². The summed E-state index contributed by atoms with van der Waals surface area (Å²) in [5, 5.41) is 0. The Labute approximate surface area is 149 Å². The minimum absolute atomic E-state index is 0.203. The number of hydrogen-bond donors (Lipinski definition) is 1. The summed E-state index contributed by atoms with van der Waals surface area (Å²) in [6.07, 6.45) is 0.445. The van der Waals surface area contributed by atoms with Crippen molar-refractivity contribution in [3.63, 3.8) is 0 Å². The molecule has 2 heterocycles. The van der Waals surface area contributed by atoms with E-state index in [1.165, 1.54) is 6.07 Å². The smallest absolute Gasteiger partial charge is 0.250 e. The number of halogens is 1. The van der Waals surface area contributed by atoms with Gasteiger partial charge in [-0.05, 0) is 31.2 Å². The number of aromatic nitrogens is 1. The van der Waals surface area contributed by atoms with E-state index in [1.807, 2.05) is 37.3 Å². The first-order valence-electron chi connectivity index (χ1n) is 7.22. The topological polar surface area (TPSA) is 72.2 Å². The van der Waals surface area contributed by atoms with Gasteiger partial charge < -0.3 is 4.42 Å². The second kappa shape index (κ2) is 7.06. The summed E-state index contributed by atoms with van der Waals surface area (Å²) in [5.41, 5.74) is 1.63. The standard InChI is InChI=1S/C16H15ClN2O3S2/c1-11-13(19-16(22-11)12-5-3-2-4-6-12)9-10-18-24(20,21)15-8-7-14(17)23-15/h2-8,18H,9-10H2,1H3. The minimum atomic E-state index is -3.54. The maximum atomic E-state index is 12.1. The normalized spacial score (nSPS) is 11.8. The molecule has 0 spiro atoms. The van der Waals surface area contributed by atoms with Crippen LogP contribution in [0, 0.1) is 6.92 Å². The van der Waals surface area contributed by atoms with Crippen molar-refractivity contribution >= 4 is 33.0 Å². The summed E-state index contributed by atoms with van der Waals surface area (Å²) < 4.78 is 33.2. The van der Waals surface area contributed by atoms with E-state index in [4.69, 9.17) is 16.0 Å². The van der Waals surface area contributed by atoms with Gasteiger partial charge in [0.05, 0.1) is 10.0 Å². The zero-order valence-corrected chi connectivity index (χ0v) is 15.2. The van der Waals surface area contributed by atoms with Crippen LogP contribution >= 0.6 is 22.9 Å². The molecule has 0 saturated carbocycles. The summed E-state index contributed by atoms with van der Waals surface area (Å²) >= 11 is 6.81. The molecule has 0 saturated heterocycles. The number of hydrogen-bond acceptors (Lipinski definition) is 5. The van der Waals surface area contributed by atoms with Gasteiger partial charge in [0.25, 0.3) is 0 Å². The van der Waals surface area contributed by atoms with Gasteiger partial charge in [-0.25, -0.2) is 18.1 Å². The average Bonchev–Trinajstić information content (AvgIpc) is 3.15. The molecule has 0 aliphatic rings. The van der Waals surface area contributed by atoms with Crippen molar-refractivity contribution < 1.29 is 12.8 Å². The monoisotopic (exact) mass is 382 g/mol. The summed E-state index contributed by atoms with van der Waals surface area (Å²) in [5.74, 6) is 1.23. The van der Waals surface area contributed by atoms with E-state index in [0.717, 1.165) is 22.6 Å². The van der Waals surface area contributed by atoms with Crippen LogP contribution in [-0.4, -0.2) is 19.9 Å². The third-order valence-corrected chi connectivity index (χ3v) is 6.56. The molecule has 0 amide bonds. The molecule has 0 bridgehead atoms. The minimum Gasteiger partial charge on any atom is -0.441 e. The van der Waals surface area contributed by atoms with Gasteiger partial charge >= 0.3 is 0 Å². The molecule has 0 atom stereocenters. The Bertz CT molecular complexity index is 933. The molecule has 126 valence electrons. The lowest BCUT2D eigenvalue weighted by Gasteiger charge is -2.03. The first kappa shape index (κ1) is 17.2. The van der Waals surface area contributed by atoms with Crippen LogP contribution in [-0.2, 0) is 16.4 Å². The van der Waals surface area contributed by atoms with E-state index >= 15 is 0 Å². The molecule has 5 nitrogen and oxygen atoms in total. The Kier molecular flexibility index (Phi) is 5.05. The van der Waals surface area contributed by atoms with Gasteiger partial charge in [0.2, 0.25) is 15.9 Å². The van der Waals surface area contributed by atoms with Crippen LogP contribution in [0.1, 0.15) is 11.5 Å². The molecule has 0 fully saturated rings. The van der Waals surface area contributed by atoms with Crippen LogP contribution in [0.2, 0.25) is 4.34 Å². The molecule has 0 radical (unpaired) electrons. The summed E-state index contributed by atoms with van der Waals surface area (Å²) in [7, 11) is -3.54. The molecule has 8 heteroatoms. The van der Waals surface area contributed by atoms with Crippen molar-refractivity contribution in [3.8, 4) is 11.5 Å². The zero-order valence-electron chi connectivity index (χ0n) is 12.8. The van der Waals surface area contributed by atoms with Crippen LogP contribution in [0.3, 0.4) is 0 Å². The third kappa shape index (κ3) is 3.87. The number of rotatable bonds is 6. The number of oxazole rings is 1. The number of nitrogens with one attached hydrogen (secondary N) is 1. The van der Waals surface area contributed by atoms with E-state index in [-0.39, 0.29) is 10.8 Å². The van der Waals surface area contributed by atoms with Gasteiger partial charge in [-0.2, -0.15) is 0 Å². The predicted molar refractivity (Wildman–Crippen MR) is 94.9 cm³/mol. The van der Waals surface area contributed by atoms with Crippen molar-refractivity contribution in [1.29, 1.82) is 0 Å². The van der Waals surface area contributed by atoms with Crippen LogP contribution in [0.5, 0.6) is 0 Å². The maximum absolute atomic E-state index is 12.1. The highest BCUT2D eigenvalue weighted by Crippen LogP contribution is 2.25. The Morgan fingerprint density at radius 2 is 1.96 bits per heavy atom. The molecule has 1 aromatic carbocycles. The van der Waals surface area contributed by atoms with Gasteiger partial charge in [0.1, 0.15) is 9.97 Å². The molecular formula is C16H15ClN2O3S2. The quantitative estimate of drug-likeness (QED) is 0.702. The fourth-order valence-electron chi connectivity index (χ4n) is 2.18. The second-order valence-corrected chi connectivity index (χ2v) is 8.80. The number of benzene rings is 1. The van der Waals surface area contributed by atoms with Crippen molar-refractivity contribution in [2.24, 2.45) is 0 Å². The van der Waals surface area contributed by atoms with Crippen LogP contribution in [0.4, 0.5) is 0 Å². The Balaban J connectivity index is 1.66. The highest BCUT2D eigenvalue weighted by atomic mass is 35.5. The molecule has 24 heavy (non-hydrogen) atoms. The molecular weight excluding hydrogens is 368 g/mol. The molecule has 1 N–H and O–H groups in total. The first-order chi connectivity index (χ1) is 11.5. The van der Waals surface area contributed by atoms with E-state index < -0.39 is 10.0 Å². The largest absolute Gasteiger partial charge is 0.441 e. The van der Waals surface area contributed by atoms with Crippen LogP contribution < -0.4 is 4.72 Å². The second-order valence-electron chi connectivity index (χ2n) is 5.09. The van der Waals surface area contributed by atoms with Crippen LogP contribution in [0.25, 0.3) is 11.5 Å². The summed E-state index contributed by atoms with van der Waals surface area (Å²) in [6.45, 7) is 2.06. The molecule has 3 rings (SSSR count). The summed E-state index contributed by atoms with van der Waals surface area (Å²) in [6, 6.07) is 12.6. The Morgan fingerprint density at radius 3 is 2.62 bits per heavy atom. The van der Waals surface area contributed by atoms with Crippen LogP contribution in [0.15, 0.2) is 51.1 Å². The highest BCUT2D eigenvalue weighted by Gasteiger charge is 2.17. The highest BCUT2D eigenvalue weighted by molar-refractivity contribution is 7.91. The fraction of sp³-hybridized carbons (Fsp3) is 0.188. The lowest BCUT2D eigenvalue weighted by molar-refractivity contribution is 0.538. The van der Waals surface area contributed by atoms with Crippen molar-refractivity contribution in [2.45, 2.75) is 17.6 Å². The lowest BCUT2D eigenvalue weighted by Crippen LogP contribution is -2.25. The Hall–Kier alpha value is -1.67. The predicted octanol–water partition coefficient (Wildman–Crippen LogP) is 3.89. The van der Waals surface area contributed by atoms with Gasteiger partial charge in [0.15, 0.2) is 0 Å². The molecule has 0 aliphatic heterocycles. The number of thiophene rings is 1. The number of nitrogens with zero attached hydrogens (tertiary/aromatic N) is 1. The lowest BCUT2D eigenvalue weighted by atomic mass is 10.2. The molecule has 0 aliphatic carbocycles. The van der Waals surface area contributed by atoms with Gasteiger partial charge in [-0.1, -0.05) is 29.8 Å². The first-order valence-corrected chi connectivity index (χ1v) is 9.90. The van der Waals surface area contributed by atoms with E-state index in [1.54, 1.807) is 6.07 Å². The average molecular weight is 383 g/mol. The Morgan fingerprint density at radius 1 is 1.21 bits per heavy atom. The van der Waals surface area contributed by atoms with E-state index in [9.17, 15) is 8.42 Å². The van der Waals surface area contributed by atoms with Crippen molar-refractivity contribution in [1.82, 2.24) is 9.71 Å². The van der Waals surface area contributed by atoms with Gasteiger partial charge in [-0.15, -0.1) is 11.3 Å². The van der Waals surface area contributed by atoms with Crippen molar-refractivity contribution in [3.05, 3.63) is 58.3 Å². The summed E-state index contributed by atoms with van der Waals surface area (Å²) in [4.78, 5) is 4.46. The maximum Gasteiger partial charge on any atom is 0.250 e.